The van der Waals surface area contributed by atoms with Crippen molar-refractivity contribution in [3.8, 4) is 0 Å². The molecule has 0 saturated carbocycles. The Labute approximate surface area is 207 Å². The molecule has 2 aromatic carbocycles. The summed E-state index contributed by atoms with van der Waals surface area (Å²) in [6.45, 7) is 3.27. The number of likely N-dealkylation sites (tertiary alicyclic amines) is 1. The molecule has 5 rings (SSSR count). The predicted molar refractivity (Wildman–Crippen MR) is 138 cm³/mol. The SMILES string of the molecule is CO[C@@H]1[C@@H](NC(=O)Cc2cccs2)c2ccccc2C12CCN(CCCc1ccccc1)CC2. The molecule has 0 bridgehead atoms. The van der Waals surface area contributed by atoms with Crippen LogP contribution in [-0.4, -0.2) is 43.7 Å². The highest BCUT2D eigenvalue weighted by molar-refractivity contribution is 7.10. The van der Waals surface area contributed by atoms with E-state index in [1.807, 2.05) is 24.6 Å². The highest BCUT2D eigenvalue weighted by Crippen LogP contribution is 2.52. The molecule has 1 aliphatic carbocycles. The van der Waals surface area contributed by atoms with Crippen molar-refractivity contribution < 1.29 is 9.53 Å². The van der Waals surface area contributed by atoms with E-state index >= 15 is 0 Å². The van der Waals surface area contributed by atoms with E-state index in [0.29, 0.717) is 6.42 Å². The zero-order chi connectivity index (χ0) is 23.4. The number of amides is 1. The molecule has 178 valence electrons. The number of rotatable bonds is 8. The van der Waals surface area contributed by atoms with E-state index in [4.69, 9.17) is 4.74 Å². The number of aryl methyl sites for hydroxylation is 1. The molecule has 4 nitrogen and oxygen atoms in total. The van der Waals surface area contributed by atoms with Crippen molar-refractivity contribution in [1.82, 2.24) is 10.2 Å². The number of methoxy groups -OCH3 is 1. The van der Waals surface area contributed by atoms with Crippen LogP contribution in [0.2, 0.25) is 0 Å². The van der Waals surface area contributed by atoms with Crippen molar-refractivity contribution in [3.05, 3.63) is 93.7 Å². The van der Waals surface area contributed by atoms with Gasteiger partial charge < -0.3 is 15.0 Å². The van der Waals surface area contributed by atoms with E-state index in [0.717, 1.165) is 43.8 Å². The summed E-state index contributed by atoms with van der Waals surface area (Å²) in [6, 6.07) is 23.3. The van der Waals surface area contributed by atoms with Gasteiger partial charge >= 0.3 is 0 Å². The third kappa shape index (κ3) is 4.70. The van der Waals surface area contributed by atoms with Gasteiger partial charge in [0.2, 0.25) is 5.91 Å². The van der Waals surface area contributed by atoms with E-state index in [9.17, 15) is 4.79 Å². The second kappa shape index (κ2) is 10.4. The molecule has 1 aliphatic heterocycles. The number of piperidine rings is 1. The highest BCUT2D eigenvalue weighted by atomic mass is 32.1. The maximum absolute atomic E-state index is 12.9. The monoisotopic (exact) mass is 474 g/mol. The van der Waals surface area contributed by atoms with Crippen molar-refractivity contribution in [2.45, 2.75) is 49.7 Å². The Morgan fingerprint density at radius 3 is 2.56 bits per heavy atom. The normalized spacial score (nSPS) is 21.4. The minimum atomic E-state index is -0.0988. The molecular weight excluding hydrogens is 440 g/mol. The van der Waals surface area contributed by atoms with Crippen LogP contribution < -0.4 is 5.32 Å². The van der Waals surface area contributed by atoms with Crippen LogP contribution in [-0.2, 0) is 27.8 Å². The van der Waals surface area contributed by atoms with Crippen LogP contribution in [0.1, 0.15) is 46.9 Å². The van der Waals surface area contributed by atoms with Gasteiger partial charge in [0, 0.05) is 17.4 Å². The van der Waals surface area contributed by atoms with Crippen LogP contribution in [0, 0.1) is 0 Å². The van der Waals surface area contributed by atoms with E-state index in [1.165, 1.54) is 23.1 Å². The molecule has 1 aromatic heterocycles. The second-order valence-electron chi connectivity index (χ2n) is 9.63. The van der Waals surface area contributed by atoms with Gasteiger partial charge in [-0.15, -0.1) is 11.3 Å². The van der Waals surface area contributed by atoms with E-state index < -0.39 is 0 Å². The Balaban J connectivity index is 1.26. The van der Waals surface area contributed by atoms with Gasteiger partial charge in [-0.05, 0) is 73.5 Å². The number of hydrogen-bond donors (Lipinski definition) is 1. The van der Waals surface area contributed by atoms with Crippen LogP contribution >= 0.6 is 11.3 Å². The lowest BCUT2D eigenvalue weighted by Gasteiger charge is -2.44. The Morgan fingerprint density at radius 1 is 1.06 bits per heavy atom. The topological polar surface area (TPSA) is 41.6 Å². The number of nitrogens with one attached hydrogen (secondary N) is 1. The van der Waals surface area contributed by atoms with E-state index in [2.05, 4.69) is 64.8 Å². The highest BCUT2D eigenvalue weighted by Gasteiger charge is 2.53. The minimum absolute atomic E-state index is 0.0383. The summed E-state index contributed by atoms with van der Waals surface area (Å²) in [6.07, 6.45) is 4.82. The number of thiophene rings is 1. The number of carbonyl (C=O) groups is 1. The van der Waals surface area contributed by atoms with Gasteiger partial charge in [-0.25, -0.2) is 0 Å². The lowest BCUT2D eigenvalue weighted by Crippen LogP contribution is -2.50. The Bertz CT molecular complexity index is 1070. The Hall–Kier alpha value is -2.47. The number of fused-ring (bicyclic) bond motifs is 2. The Morgan fingerprint density at radius 2 is 1.82 bits per heavy atom. The van der Waals surface area contributed by atoms with Crippen LogP contribution in [0.15, 0.2) is 72.1 Å². The zero-order valence-electron chi connectivity index (χ0n) is 19.9. The van der Waals surface area contributed by atoms with Gasteiger partial charge in [-0.2, -0.15) is 0 Å². The Kier molecular flexibility index (Phi) is 7.14. The van der Waals surface area contributed by atoms with Crippen molar-refractivity contribution in [1.29, 1.82) is 0 Å². The van der Waals surface area contributed by atoms with Gasteiger partial charge in [0.25, 0.3) is 0 Å². The molecule has 2 heterocycles. The fourth-order valence-electron chi connectivity index (χ4n) is 6.05. The number of benzene rings is 2. The average molecular weight is 475 g/mol. The molecule has 1 amide bonds. The van der Waals surface area contributed by atoms with Gasteiger partial charge in [-0.3, -0.25) is 4.79 Å². The third-order valence-corrected chi connectivity index (χ3v) is 8.57. The predicted octanol–water partition coefficient (Wildman–Crippen LogP) is 5.14. The molecule has 1 spiro atoms. The summed E-state index contributed by atoms with van der Waals surface area (Å²) in [7, 11) is 1.81. The second-order valence-corrected chi connectivity index (χ2v) is 10.7. The third-order valence-electron chi connectivity index (χ3n) is 7.70. The fourth-order valence-corrected chi connectivity index (χ4v) is 6.75. The first-order chi connectivity index (χ1) is 16.7. The summed E-state index contributed by atoms with van der Waals surface area (Å²) < 4.78 is 6.18. The van der Waals surface area contributed by atoms with E-state index in [1.54, 1.807) is 11.3 Å². The van der Waals surface area contributed by atoms with Crippen molar-refractivity contribution in [3.63, 3.8) is 0 Å². The molecule has 3 aromatic rings. The number of carbonyl (C=O) groups excluding carboxylic acids is 1. The molecule has 2 aliphatic rings. The molecule has 0 unspecified atom stereocenters. The maximum Gasteiger partial charge on any atom is 0.225 e. The van der Waals surface area contributed by atoms with Crippen molar-refractivity contribution in [2.24, 2.45) is 0 Å². The van der Waals surface area contributed by atoms with Gasteiger partial charge in [0.1, 0.15) is 0 Å². The molecular formula is C29H34N2O2S. The number of ether oxygens (including phenoxy) is 1. The zero-order valence-corrected chi connectivity index (χ0v) is 20.7. The molecule has 2 atom stereocenters. The molecule has 1 fully saturated rings. The summed E-state index contributed by atoms with van der Waals surface area (Å²) in [4.78, 5) is 16.6. The van der Waals surface area contributed by atoms with Gasteiger partial charge in [-0.1, -0.05) is 60.7 Å². The minimum Gasteiger partial charge on any atom is -0.378 e. The summed E-state index contributed by atoms with van der Waals surface area (Å²) in [5.41, 5.74) is 3.97. The summed E-state index contributed by atoms with van der Waals surface area (Å²) in [5, 5.41) is 5.36. The first-order valence-electron chi connectivity index (χ1n) is 12.4. The van der Waals surface area contributed by atoms with Gasteiger partial charge in [0.15, 0.2) is 0 Å². The summed E-state index contributed by atoms with van der Waals surface area (Å²) in [5.74, 6) is 0.0692. The smallest absolute Gasteiger partial charge is 0.225 e. The molecule has 34 heavy (non-hydrogen) atoms. The first kappa shape index (κ1) is 23.3. The average Bonchev–Trinajstić information content (AvgIpc) is 3.46. The summed E-state index contributed by atoms with van der Waals surface area (Å²) >= 11 is 1.63. The molecule has 1 N–H and O–H groups in total. The van der Waals surface area contributed by atoms with Crippen LogP contribution in [0.5, 0.6) is 0 Å². The first-order valence-corrected chi connectivity index (χ1v) is 13.3. The van der Waals surface area contributed by atoms with Crippen molar-refractivity contribution in [2.75, 3.05) is 26.7 Å². The number of nitrogens with zero attached hydrogens (tertiary/aromatic N) is 1. The lowest BCUT2D eigenvalue weighted by molar-refractivity contribution is -0.122. The van der Waals surface area contributed by atoms with Gasteiger partial charge in [0.05, 0.1) is 18.6 Å². The lowest BCUT2D eigenvalue weighted by atomic mass is 9.72. The molecule has 1 saturated heterocycles. The van der Waals surface area contributed by atoms with Crippen LogP contribution in [0.25, 0.3) is 0 Å². The maximum atomic E-state index is 12.9. The number of hydrogen-bond acceptors (Lipinski definition) is 4. The van der Waals surface area contributed by atoms with Crippen molar-refractivity contribution >= 4 is 17.2 Å². The standard InChI is InChI=1S/C29H34N2O2S/c1-33-28-27(30-26(32)21-23-12-8-20-34-23)24-13-5-6-14-25(24)29(28)15-18-31(19-16-29)17-7-11-22-9-3-2-4-10-22/h2-6,8-10,12-14,20,27-28H,7,11,15-19,21H2,1H3,(H,30,32)/t27-,28+/m0/s1. The fraction of sp³-hybridized carbons (Fsp3) is 0.414. The van der Waals surface area contributed by atoms with Crippen LogP contribution in [0.3, 0.4) is 0 Å². The quantitative estimate of drug-likeness (QED) is 0.491. The molecule has 0 radical (unpaired) electrons. The van der Waals surface area contributed by atoms with E-state index in [-0.39, 0.29) is 23.5 Å². The van der Waals surface area contributed by atoms with Crippen LogP contribution in [0.4, 0.5) is 0 Å². The molecule has 5 heteroatoms. The largest absolute Gasteiger partial charge is 0.378 e.